The smallest absolute Gasteiger partial charge is 0.261 e. The number of oxazole rings is 1. The lowest BCUT2D eigenvalue weighted by Crippen LogP contribution is -2.10. The van der Waals surface area contributed by atoms with Gasteiger partial charge >= 0.3 is 0 Å². The molecule has 0 spiro atoms. The normalized spacial score (nSPS) is 11.1. The van der Waals surface area contributed by atoms with Crippen LogP contribution in [-0.2, 0) is 6.42 Å². The maximum absolute atomic E-state index is 5.40. The largest absolute Gasteiger partial charge is 0.440 e. The van der Waals surface area contributed by atoms with Crippen LogP contribution in [0.15, 0.2) is 33.2 Å². The van der Waals surface area contributed by atoms with E-state index in [2.05, 4.69) is 33.4 Å². The van der Waals surface area contributed by atoms with Crippen molar-refractivity contribution in [2.45, 2.75) is 23.6 Å². The molecule has 0 saturated carbocycles. The molecule has 3 rings (SSSR count). The van der Waals surface area contributed by atoms with Gasteiger partial charge < -0.3 is 4.42 Å². The summed E-state index contributed by atoms with van der Waals surface area (Å²) in [6, 6.07) is 2.10. The van der Waals surface area contributed by atoms with E-state index in [1.165, 1.54) is 22.9 Å². The van der Waals surface area contributed by atoms with Crippen molar-refractivity contribution in [2.24, 2.45) is 5.84 Å². The van der Waals surface area contributed by atoms with Gasteiger partial charge in [0.15, 0.2) is 0 Å². The fourth-order valence-electron chi connectivity index (χ4n) is 1.61. The number of hydrogen-bond acceptors (Lipinski definition) is 8. The van der Waals surface area contributed by atoms with E-state index >= 15 is 0 Å². The Morgan fingerprint density at radius 3 is 3.05 bits per heavy atom. The third-order valence-electron chi connectivity index (χ3n) is 2.48. The van der Waals surface area contributed by atoms with Crippen LogP contribution in [0, 0.1) is 0 Å². The summed E-state index contributed by atoms with van der Waals surface area (Å²) in [5.41, 5.74) is 2.49. The number of fused-ring (bicyclic) bond motifs is 1. The second kappa shape index (κ2) is 5.16. The van der Waals surface area contributed by atoms with Crippen LogP contribution in [0.2, 0.25) is 0 Å². The molecule has 0 fully saturated rings. The Morgan fingerprint density at radius 1 is 1.47 bits per heavy atom. The van der Waals surface area contributed by atoms with Crippen molar-refractivity contribution in [3.8, 4) is 0 Å². The highest BCUT2D eigenvalue weighted by Gasteiger charge is 2.14. The van der Waals surface area contributed by atoms with Crippen LogP contribution in [-0.4, -0.2) is 15.0 Å². The van der Waals surface area contributed by atoms with Crippen LogP contribution in [0.4, 0.5) is 5.95 Å². The Bertz CT molecular complexity index is 694. The Morgan fingerprint density at radius 2 is 2.37 bits per heavy atom. The monoisotopic (exact) mass is 293 g/mol. The average molecular weight is 293 g/mol. The quantitative estimate of drug-likeness (QED) is 0.434. The summed E-state index contributed by atoms with van der Waals surface area (Å²) >= 11 is 3.00. The van der Waals surface area contributed by atoms with E-state index in [0.717, 1.165) is 21.7 Å². The molecular formula is C11H11N5OS2. The van der Waals surface area contributed by atoms with Crippen LogP contribution in [0.3, 0.4) is 0 Å². The SMILES string of the molecule is CCc1cc2c(Sc3ncco3)nc(NN)nc2s1. The second-order valence-corrected chi connectivity index (χ2v) is 5.74. The van der Waals surface area contributed by atoms with E-state index in [4.69, 9.17) is 10.3 Å². The molecule has 3 aromatic rings. The zero-order valence-electron chi connectivity index (χ0n) is 10.1. The van der Waals surface area contributed by atoms with Crippen molar-refractivity contribution in [3.63, 3.8) is 0 Å². The van der Waals surface area contributed by atoms with Gasteiger partial charge in [0.25, 0.3) is 5.22 Å². The average Bonchev–Trinajstić information content (AvgIpc) is 3.06. The molecule has 0 radical (unpaired) electrons. The highest BCUT2D eigenvalue weighted by molar-refractivity contribution is 7.99. The van der Waals surface area contributed by atoms with Gasteiger partial charge in [-0.25, -0.2) is 20.8 Å². The summed E-state index contributed by atoms with van der Waals surface area (Å²) in [6.07, 6.45) is 4.11. The van der Waals surface area contributed by atoms with Crippen LogP contribution < -0.4 is 11.3 Å². The summed E-state index contributed by atoms with van der Waals surface area (Å²) in [5.74, 6) is 5.80. The minimum absolute atomic E-state index is 0.394. The molecule has 0 amide bonds. The van der Waals surface area contributed by atoms with Gasteiger partial charge in [-0.15, -0.1) is 11.3 Å². The molecule has 0 unspecified atom stereocenters. The zero-order valence-corrected chi connectivity index (χ0v) is 11.7. The molecule has 0 aliphatic carbocycles. The summed E-state index contributed by atoms with van der Waals surface area (Å²) in [4.78, 5) is 15.0. The predicted molar refractivity (Wildman–Crippen MR) is 75.2 cm³/mol. The maximum atomic E-state index is 5.40. The van der Waals surface area contributed by atoms with E-state index in [9.17, 15) is 0 Å². The van der Waals surface area contributed by atoms with Crippen molar-refractivity contribution in [1.82, 2.24) is 15.0 Å². The number of thiophene rings is 1. The van der Waals surface area contributed by atoms with Crippen molar-refractivity contribution < 1.29 is 4.42 Å². The number of nitrogen functional groups attached to an aromatic ring is 1. The first-order valence-corrected chi connectivity index (χ1v) is 7.28. The molecule has 6 nitrogen and oxygen atoms in total. The van der Waals surface area contributed by atoms with Gasteiger partial charge in [-0.1, -0.05) is 6.92 Å². The molecule has 0 bridgehead atoms. The fourth-order valence-corrected chi connectivity index (χ4v) is 3.42. The topological polar surface area (TPSA) is 89.9 Å². The maximum Gasteiger partial charge on any atom is 0.261 e. The number of anilines is 1. The van der Waals surface area contributed by atoms with Gasteiger partial charge in [0.2, 0.25) is 5.95 Å². The predicted octanol–water partition coefficient (Wildman–Crippen LogP) is 2.68. The fraction of sp³-hybridized carbons (Fsp3) is 0.182. The molecule has 19 heavy (non-hydrogen) atoms. The Hall–Kier alpha value is -1.64. The minimum atomic E-state index is 0.394. The molecule has 0 atom stereocenters. The summed E-state index contributed by atoms with van der Waals surface area (Å²) in [5, 5.41) is 2.34. The standard InChI is InChI=1S/C11H11N5OS2/c1-2-6-5-7-8(18-6)14-10(16-12)15-9(7)19-11-13-3-4-17-11/h3-5H,2,12H2,1H3,(H,14,15,16). The zero-order chi connectivity index (χ0) is 13.2. The van der Waals surface area contributed by atoms with Crippen molar-refractivity contribution in [3.05, 3.63) is 23.4 Å². The Kier molecular flexibility index (Phi) is 3.36. The highest BCUT2D eigenvalue weighted by Crippen LogP contribution is 2.35. The molecule has 3 heterocycles. The van der Waals surface area contributed by atoms with Crippen LogP contribution >= 0.6 is 23.1 Å². The number of hydrazine groups is 1. The lowest BCUT2D eigenvalue weighted by atomic mass is 10.3. The van der Waals surface area contributed by atoms with Crippen molar-refractivity contribution >= 4 is 39.3 Å². The summed E-state index contributed by atoms with van der Waals surface area (Å²) in [7, 11) is 0. The lowest BCUT2D eigenvalue weighted by Gasteiger charge is -2.02. The first-order valence-electron chi connectivity index (χ1n) is 5.64. The molecule has 0 aromatic carbocycles. The summed E-state index contributed by atoms with van der Waals surface area (Å²) < 4.78 is 5.24. The number of aromatic nitrogens is 3. The molecule has 3 N–H and O–H groups in total. The number of rotatable bonds is 4. The number of nitrogens with zero attached hydrogens (tertiary/aromatic N) is 3. The molecule has 8 heteroatoms. The first-order chi connectivity index (χ1) is 9.30. The van der Waals surface area contributed by atoms with E-state index in [1.54, 1.807) is 17.5 Å². The number of hydrogen-bond donors (Lipinski definition) is 2. The van der Waals surface area contributed by atoms with Gasteiger partial charge in [0.05, 0.1) is 6.20 Å². The van der Waals surface area contributed by atoms with Crippen LogP contribution in [0.25, 0.3) is 10.2 Å². The number of nitrogens with one attached hydrogen (secondary N) is 1. The molecule has 0 saturated heterocycles. The molecular weight excluding hydrogens is 282 g/mol. The van der Waals surface area contributed by atoms with Crippen molar-refractivity contribution in [2.75, 3.05) is 5.43 Å². The van der Waals surface area contributed by atoms with Gasteiger partial charge in [0.1, 0.15) is 16.1 Å². The number of aryl methyl sites for hydroxylation is 1. The van der Waals surface area contributed by atoms with Gasteiger partial charge in [0, 0.05) is 10.3 Å². The second-order valence-electron chi connectivity index (χ2n) is 3.68. The van der Waals surface area contributed by atoms with E-state index in [1.807, 2.05) is 0 Å². The van der Waals surface area contributed by atoms with E-state index in [0.29, 0.717) is 11.2 Å². The van der Waals surface area contributed by atoms with Gasteiger partial charge in [-0.05, 0) is 24.2 Å². The number of nitrogens with two attached hydrogens (primary N) is 1. The third kappa shape index (κ3) is 2.42. The Balaban J connectivity index is 2.11. The Labute approximate surface area is 117 Å². The third-order valence-corrected chi connectivity index (χ3v) is 4.53. The molecule has 0 aliphatic heterocycles. The lowest BCUT2D eigenvalue weighted by molar-refractivity contribution is 0.454. The molecule has 3 aromatic heterocycles. The van der Waals surface area contributed by atoms with Crippen molar-refractivity contribution in [1.29, 1.82) is 0 Å². The summed E-state index contributed by atoms with van der Waals surface area (Å²) in [6.45, 7) is 2.11. The van der Waals surface area contributed by atoms with E-state index in [-0.39, 0.29) is 0 Å². The van der Waals surface area contributed by atoms with Crippen LogP contribution in [0.1, 0.15) is 11.8 Å². The van der Waals surface area contributed by atoms with E-state index < -0.39 is 0 Å². The van der Waals surface area contributed by atoms with Gasteiger partial charge in [-0.2, -0.15) is 0 Å². The molecule has 98 valence electrons. The minimum Gasteiger partial charge on any atom is -0.440 e. The van der Waals surface area contributed by atoms with Gasteiger partial charge in [-0.3, -0.25) is 5.43 Å². The van der Waals surface area contributed by atoms with Crippen LogP contribution in [0.5, 0.6) is 0 Å². The first kappa shape index (κ1) is 12.4. The highest BCUT2D eigenvalue weighted by atomic mass is 32.2. The molecule has 0 aliphatic rings.